The highest BCUT2D eigenvalue weighted by Crippen LogP contribution is 2.08. The third-order valence-electron chi connectivity index (χ3n) is 2.15. The standard InChI is InChI=1S/C11H17NO2S/c1-2-4-12(5-6-13)11(14)8-10-3-7-15-9-10/h3,7,9,13H,2,4-6,8H2,1H3. The molecule has 0 aliphatic heterocycles. The first-order valence-corrected chi connectivity index (χ1v) is 6.12. The van der Waals surface area contributed by atoms with Crippen molar-refractivity contribution in [2.75, 3.05) is 19.7 Å². The van der Waals surface area contributed by atoms with Crippen LogP contribution < -0.4 is 0 Å². The largest absolute Gasteiger partial charge is 0.395 e. The second-order valence-corrected chi connectivity index (χ2v) is 4.19. The molecule has 1 heterocycles. The van der Waals surface area contributed by atoms with Gasteiger partial charge in [-0.15, -0.1) is 0 Å². The first-order valence-electron chi connectivity index (χ1n) is 5.17. The van der Waals surface area contributed by atoms with Gasteiger partial charge >= 0.3 is 0 Å². The number of aliphatic hydroxyl groups is 1. The van der Waals surface area contributed by atoms with Crippen LogP contribution >= 0.6 is 11.3 Å². The lowest BCUT2D eigenvalue weighted by Gasteiger charge is -2.20. The number of carbonyl (C=O) groups excluding carboxylic acids is 1. The number of nitrogens with zero attached hydrogens (tertiary/aromatic N) is 1. The van der Waals surface area contributed by atoms with Crippen molar-refractivity contribution in [1.82, 2.24) is 4.90 Å². The van der Waals surface area contributed by atoms with E-state index in [4.69, 9.17) is 5.11 Å². The molecular weight excluding hydrogens is 210 g/mol. The van der Waals surface area contributed by atoms with Crippen molar-refractivity contribution < 1.29 is 9.90 Å². The number of thiophene rings is 1. The number of hydrogen-bond acceptors (Lipinski definition) is 3. The monoisotopic (exact) mass is 227 g/mol. The van der Waals surface area contributed by atoms with Gasteiger partial charge in [0.1, 0.15) is 0 Å². The molecule has 0 aliphatic rings. The summed E-state index contributed by atoms with van der Waals surface area (Å²) >= 11 is 1.60. The minimum Gasteiger partial charge on any atom is -0.395 e. The topological polar surface area (TPSA) is 40.5 Å². The summed E-state index contributed by atoms with van der Waals surface area (Å²) in [6.45, 7) is 3.23. The fraction of sp³-hybridized carbons (Fsp3) is 0.545. The van der Waals surface area contributed by atoms with Crippen LogP contribution in [0.15, 0.2) is 16.8 Å². The molecule has 0 fully saturated rings. The predicted octanol–water partition coefficient (Wildman–Crippen LogP) is 1.52. The van der Waals surface area contributed by atoms with Crippen LogP contribution in [-0.2, 0) is 11.2 Å². The lowest BCUT2D eigenvalue weighted by Crippen LogP contribution is -2.35. The molecule has 1 amide bonds. The number of aliphatic hydroxyl groups excluding tert-OH is 1. The van der Waals surface area contributed by atoms with Crippen molar-refractivity contribution in [3.8, 4) is 0 Å². The van der Waals surface area contributed by atoms with E-state index in [1.807, 2.05) is 23.8 Å². The second kappa shape index (κ2) is 6.58. The number of hydrogen-bond donors (Lipinski definition) is 1. The van der Waals surface area contributed by atoms with E-state index in [0.717, 1.165) is 18.5 Å². The van der Waals surface area contributed by atoms with E-state index >= 15 is 0 Å². The SMILES string of the molecule is CCCN(CCO)C(=O)Cc1ccsc1. The fourth-order valence-corrected chi connectivity index (χ4v) is 2.10. The third-order valence-corrected chi connectivity index (χ3v) is 2.88. The number of carbonyl (C=O) groups is 1. The van der Waals surface area contributed by atoms with Gasteiger partial charge < -0.3 is 10.0 Å². The Morgan fingerprint density at radius 2 is 2.33 bits per heavy atom. The molecule has 0 aliphatic carbocycles. The van der Waals surface area contributed by atoms with Gasteiger partial charge in [-0.05, 0) is 28.8 Å². The van der Waals surface area contributed by atoms with Gasteiger partial charge in [0, 0.05) is 13.1 Å². The molecule has 0 spiro atoms. The van der Waals surface area contributed by atoms with Crippen LogP contribution in [0.2, 0.25) is 0 Å². The van der Waals surface area contributed by atoms with Crippen molar-refractivity contribution in [2.24, 2.45) is 0 Å². The van der Waals surface area contributed by atoms with E-state index in [0.29, 0.717) is 13.0 Å². The summed E-state index contributed by atoms with van der Waals surface area (Å²) in [6, 6.07) is 1.96. The van der Waals surface area contributed by atoms with Gasteiger partial charge in [-0.1, -0.05) is 6.92 Å². The summed E-state index contributed by atoms with van der Waals surface area (Å²) < 4.78 is 0. The van der Waals surface area contributed by atoms with Gasteiger partial charge in [-0.25, -0.2) is 0 Å². The molecule has 3 nitrogen and oxygen atoms in total. The molecule has 0 saturated heterocycles. The molecule has 1 aromatic rings. The number of amides is 1. The smallest absolute Gasteiger partial charge is 0.227 e. The molecular formula is C11H17NO2S. The lowest BCUT2D eigenvalue weighted by molar-refractivity contribution is -0.131. The van der Waals surface area contributed by atoms with E-state index in [1.54, 1.807) is 16.2 Å². The normalized spacial score (nSPS) is 10.3. The highest BCUT2D eigenvalue weighted by Gasteiger charge is 2.12. The second-order valence-electron chi connectivity index (χ2n) is 3.41. The predicted molar refractivity (Wildman–Crippen MR) is 62.0 cm³/mol. The summed E-state index contributed by atoms with van der Waals surface area (Å²) in [5.41, 5.74) is 1.06. The van der Waals surface area contributed by atoms with Crippen LogP contribution in [0.25, 0.3) is 0 Å². The van der Waals surface area contributed by atoms with Crippen LogP contribution in [0.5, 0.6) is 0 Å². The Kier molecular flexibility index (Phi) is 5.36. The molecule has 0 saturated carbocycles. The molecule has 4 heteroatoms. The molecule has 0 unspecified atom stereocenters. The van der Waals surface area contributed by atoms with E-state index in [1.165, 1.54) is 0 Å². The summed E-state index contributed by atoms with van der Waals surface area (Å²) in [6.07, 6.45) is 1.37. The molecule has 0 atom stereocenters. The van der Waals surface area contributed by atoms with E-state index in [9.17, 15) is 4.79 Å². The Hall–Kier alpha value is -0.870. The van der Waals surface area contributed by atoms with Gasteiger partial charge in [0.05, 0.1) is 13.0 Å². The van der Waals surface area contributed by atoms with Crippen LogP contribution in [0.4, 0.5) is 0 Å². The Morgan fingerprint density at radius 1 is 1.53 bits per heavy atom. The van der Waals surface area contributed by atoms with Gasteiger partial charge in [0.15, 0.2) is 0 Å². The molecule has 1 aromatic heterocycles. The van der Waals surface area contributed by atoms with E-state index < -0.39 is 0 Å². The highest BCUT2D eigenvalue weighted by molar-refractivity contribution is 7.07. The van der Waals surface area contributed by atoms with Gasteiger partial charge in [0.25, 0.3) is 0 Å². The minimum absolute atomic E-state index is 0.0371. The van der Waals surface area contributed by atoms with Crippen LogP contribution in [0.3, 0.4) is 0 Å². The fourth-order valence-electron chi connectivity index (χ4n) is 1.43. The molecule has 1 N–H and O–H groups in total. The maximum atomic E-state index is 11.8. The van der Waals surface area contributed by atoms with Crippen molar-refractivity contribution in [3.05, 3.63) is 22.4 Å². The maximum absolute atomic E-state index is 11.8. The summed E-state index contributed by atoms with van der Waals surface area (Å²) in [5, 5.41) is 12.8. The summed E-state index contributed by atoms with van der Waals surface area (Å²) in [7, 11) is 0. The zero-order chi connectivity index (χ0) is 11.1. The Balaban J connectivity index is 2.48. The summed E-state index contributed by atoms with van der Waals surface area (Å²) in [5.74, 6) is 0.101. The molecule has 0 bridgehead atoms. The van der Waals surface area contributed by atoms with Gasteiger partial charge in [0.2, 0.25) is 5.91 Å². The van der Waals surface area contributed by atoms with E-state index in [-0.39, 0.29) is 12.5 Å². The van der Waals surface area contributed by atoms with Crippen molar-refractivity contribution >= 4 is 17.2 Å². The average Bonchev–Trinajstić information content (AvgIpc) is 2.70. The lowest BCUT2D eigenvalue weighted by atomic mass is 10.2. The first kappa shape index (κ1) is 12.2. The minimum atomic E-state index is 0.0371. The molecule has 15 heavy (non-hydrogen) atoms. The highest BCUT2D eigenvalue weighted by atomic mass is 32.1. The molecule has 0 aromatic carbocycles. The van der Waals surface area contributed by atoms with Gasteiger partial charge in [-0.2, -0.15) is 11.3 Å². The Morgan fingerprint density at radius 3 is 2.87 bits per heavy atom. The summed E-state index contributed by atoms with van der Waals surface area (Å²) in [4.78, 5) is 13.5. The molecule has 0 radical (unpaired) electrons. The molecule has 84 valence electrons. The maximum Gasteiger partial charge on any atom is 0.227 e. The van der Waals surface area contributed by atoms with Crippen molar-refractivity contribution in [3.63, 3.8) is 0 Å². The zero-order valence-electron chi connectivity index (χ0n) is 8.98. The Bertz CT molecular complexity index is 279. The van der Waals surface area contributed by atoms with Crippen LogP contribution in [-0.4, -0.2) is 35.6 Å². The zero-order valence-corrected chi connectivity index (χ0v) is 9.80. The quantitative estimate of drug-likeness (QED) is 0.800. The van der Waals surface area contributed by atoms with Gasteiger partial charge in [-0.3, -0.25) is 4.79 Å². The number of rotatable bonds is 6. The van der Waals surface area contributed by atoms with Crippen LogP contribution in [0, 0.1) is 0 Å². The Labute approximate surface area is 94.3 Å². The van der Waals surface area contributed by atoms with Crippen LogP contribution in [0.1, 0.15) is 18.9 Å². The molecule has 1 rings (SSSR count). The third kappa shape index (κ3) is 4.01. The van der Waals surface area contributed by atoms with Crippen molar-refractivity contribution in [1.29, 1.82) is 0 Å². The average molecular weight is 227 g/mol. The van der Waals surface area contributed by atoms with E-state index in [2.05, 4.69) is 0 Å². The first-order chi connectivity index (χ1) is 7.27. The van der Waals surface area contributed by atoms with Crippen molar-refractivity contribution in [2.45, 2.75) is 19.8 Å².